The molecule has 4 aromatic rings. The standard InChI is InChI=1S/C27H25N9O7S2.Na/c1-27(2,25(41)42)43-32-20(16-11-45-26(28)29-16)19(39)7-15-23(40)36-21(22-30-33-34-31-22)14(10-44-24(15)36)9-35-4-3-12-5-17(37)18(38)6-13(12)8-35;/h3-6,8,11,15,24H,7,9-10H2,1-2H3,(H5,28,29,30,31,33,34,38,41,42);/q;+1/p-1/b32-20-;/t15-,24-;/m1./s1. The molecule has 232 valence electrons. The fourth-order valence-electron chi connectivity index (χ4n) is 4.90. The van der Waals surface area contributed by atoms with E-state index in [0.29, 0.717) is 23.4 Å². The number of β-lactam (4-membered cyclic amide) rings is 1. The number of aromatic hydroxyl groups is 2. The zero-order valence-electron chi connectivity index (χ0n) is 24.6. The Morgan fingerprint density at radius 3 is 2.67 bits per heavy atom. The number of aromatic nitrogens is 6. The van der Waals surface area contributed by atoms with Crippen molar-refractivity contribution in [2.45, 2.75) is 37.8 Å². The van der Waals surface area contributed by atoms with E-state index < -0.39 is 28.6 Å². The summed E-state index contributed by atoms with van der Waals surface area (Å²) in [5, 5.41) is 52.8. The number of rotatable bonds is 10. The van der Waals surface area contributed by atoms with E-state index in [4.69, 9.17) is 10.6 Å². The molecule has 6 rings (SSSR count). The Morgan fingerprint density at radius 2 is 2.02 bits per heavy atom. The van der Waals surface area contributed by atoms with E-state index in [1.54, 1.807) is 18.5 Å². The van der Waals surface area contributed by atoms with Gasteiger partial charge in [0.25, 0.3) is 0 Å². The molecule has 1 amide bonds. The van der Waals surface area contributed by atoms with Crippen LogP contribution in [-0.2, 0) is 25.8 Å². The van der Waals surface area contributed by atoms with Crippen molar-refractivity contribution < 1.29 is 68.7 Å². The van der Waals surface area contributed by atoms with Crippen LogP contribution >= 0.6 is 23.1 Å². The molecule has 2 atom stereocenters. The number of thioether (sulfide) groups is 1. The second kappa shape index (κ2) is 13.0. The molecule has 16 nitrogen and oxygen atoms in total. The molecule has 0 radical (unpaired) electrons. The number of aliphatic carboxylic acids is 1. The predicted octanol–water partition coefficient (Wildman–Crippen LogP) is -3.43. The molecule has 1 fully saturated rings. The van der Waals surface area contributed by atoms with Crippen LogP contribution in [0.25, 0.3) is 16.5 Å². The normalized spacial score (nSPS) is 18.2. The Bertz CT molecular complexity index is 1910. The van der Waals surface area contributed by atoms with Gasteiger partial charge in [0.15, 0.2) is 52.7 Å². The van der Waals surface area contributed by atoms with Gasteiger partial charge < -0.3 is 35.8 Å². The maximum Gasteiger partial charge on any atom is 1.00 e. The third-order valence-corrected chi connectivity index (χ3v) is 9.35. The second-order valence-corrected chi connectivity index (χ2v) is 12.8. The van der Waals surface area contributed by atoms with Crippen molar-refractivity contribution in [2.24, 2.45) is 11.1 Å². The molecule has 1 saturated heterocycles. The second-order valence-electron chi connectivity index (χ2n) is 10.8. The zero-order valence-corrected chi connectivity index (χ0v) is 28.3. The van der Waals surface area contributed by atoms with Crippen molar-refractivity contribution in [1.29, 1.82) is 0 Å². The van der Waals surface area contributed by atoms with E-state index in [-0.39, 0.29) is 75.7 Å². The van der Waals surface area contributed by atoms with Crippen molar-refractivity contribution in [3.8, 4) is 11.5 Å². The van der Waals surface area contributed by atoms with Crippen LogP contribution in [0, 0.1) is 5.92 Å². The Kier molecular flexibility index (Phi) is 9.37. The molecule has 0 aliphatic carbocycles. The number of phenolic OH excluding ortho intramolecular Hbond substituents is 2. The number of ketones is 1. The quantitative estimate of drug-likeness (QED) is 0.0371. The van der Waals surface area contributed by atoms with Crippen molar-refractivity contribution in [1.82, 2.24) is 30.5 Å². The average molecular weight is 674 g/mol. The van der Waals surface area contributed by atoms with Gasteiger partial charge in [0, 0.05) is 34.6 Å². The van der Waals surface area contributed by atoms with Gasteiger partial charge in [0.2, 0.25) is 5.91 Å². The fraction of sp³-hybridized carbons (Fsp3) is 0.296. The summed E-state index contributed by atoms with van der Waals surface area (Å²) in [7, 11) is 0. The monoisotopic (exact) mass is 673 g/mol. The molecule has 2 aliphatic rings. The number of nitrogens with zero attached hydrogens (tertiary/aromatic N) is 8. The van der Waals surface area contributed by atoms with Crippen molar-refractivity contribution >= 4 is 68.1 Å². The maximum atomic E-state index is 13.6. The van der Waals surface area contributed by atoms with Crippen LogP contribution in [0.3, 0.4) is 0 Å². The first kappa shape index (κ1) is 33.3. The number of carbonyl (C=O) groups is 3. The average Bonchev–Trinajstić information content (AvgIpc) is 3.69. The smallest absolute Gasteiger partial charge is 0.546 e. The van der Waals surface area contributed by atoms with Crippen LogP contribution in [0.4, 0.5) is 5.13 Å². The number of Topliss-reactive ketones (excluding diaryl/α,β-unsaturated/α-hetero) is 1. The number of hydrogen-bond donors (Lipinski definition) is 3. The maximum absolute atomic E-state index is 13.6. The fourth-order valence-corrected chi connectivity index (χ4v) is 6.85. The molecule has 0 spiro atoms. The van der Waals surface area contributed by atoms with E-state index in [1.165, 1.54) is 48.0 Å². The number of hydrogen-bond acceptors (Lipinski definition) is 15. The summed E-state index contributed by atoms with van der Waals surface area (Å²) < 4.78 is 1.86. The van der Waals surface area contributed by atoms with Crippen molar-refractivity contribution in [3.05, 3.63) is 53.1 Å². The number of anilines is 1. The van der Waals surface area contributed by atoms with Crippen LogP contribution in [-0.4, -0.2) is 75.7 Å². The molecule has 19 heteroatoms. The minimum Gasteiger partial charge on any atom is -0.546 e. The van der Waals surface area contributed by atoms with Gasteiger partial charge >= 0.3 is 29.6 Å². The molecule has 3 aromatic heterocycles. The number of benzene rings is 1. The van der Waals surface area contributed by atoms with Crippen LogP contribution in [0.1, 0.15) is 31.8 Å². The molecule has 1 aromatic carbocycles. The van der Waals surface area contributed by atoms with Crippen LogP contribution in [0.2, 0.25) is 0 Å². The molecule has 0 unspecified atom stereocenters. The molecule has 0 bridgehead atoms. The summed E-state index contributed by atoms with van der Waals surface area (Å²) in [4.78, 5) is 49.3. The number of tetrazole rings is 1. The van der Waals surface area contributed by atoms with Crippen LogP contribution in [0.5, 0.6) is 11.5 Å². The topological polar surface area (TPSA) is 235 Å². The number of oxime groups is 1. The SMILES string of the molecule is CC(C)(O/N=C(\C(=O)C[C@@H]1C(=O)N2C(c3nnn[n-]3)=C(C[n+]3ccc4cc(O)c(O)cc4c3)CS[C@H]12)c1csc(N)n1)C(=O)[O-].[Na+]. The van der Waals surface area contributed by atoms with E-state index in [9.17, 15) is 29.7 Å². The minimum absolute atomic E-state index is 0. The number of thiazole rings is 1. The molecule has 4 N–H and O–H groups in total. The van der Waals surface area contributed by atoms with Crippen LogP contribution in [0.15, 0.2) is 46.7 Å². The molecular formula is C27H24N9NaO7S2. The van der Waals surface area contributed by atoms with Gasteiger partial charge in [-0.2, -0.15) is 5.21 Å². The van der Waals surface area contributed by atoms with Crippen molar-refractivity contribution in [2.75, 3.05) is 11.5 Å². The molecule has 0 saturated carbocycles. The first-order chi connectivity index (χ1) is 21.4. The summed E-state index contributed by atoms with van der Waals surface area (Å²) in [5.41, 5.74) is 4.99. The van der Waals surface area contributed by atoms with Gasteiger partial charge in [0.05, 0.1) is 28.8 Å². The van der Waals surface area contributed by atoms with Gasteiger partial charge in [-0.1, -0.05) is 5.16 Å². The number of nitrogen functional groups attached to an aromatic ring is 1. The summed E-state index contributed by atoms with van der Waals surface area (Å²) >= 11 is 2.52. The number of phenols is 2. The third-order valence-electron chi connectivity index (χ3n) is 7.28. The Hall–Kier alpha value is -4.10. The van der Waals surface area contributed by atoms with E-state index in [2.05, 4.69) is 30.8 Å². The summed E-state index contributed by atoms with van der Waals surface area (Å²) in [6, 6.07) is 4.71. The molecule has 46 heavy (non-hydrogen) atoms. The Morgan fingerprint density at radius 1 is 1.28 bits per heavy atom. The summed E-state index contributed by atoms with van der Waals surface area (Å²) in [5.74, 6) is -3.06. The predicted molar refractivity (Wildman–Crippen MR) is 157 cm³/mol. The van der Waals surface area contributed by atoms with E-state index in [0.717, 1.165) is 22.3 Å². The Balaban J connectivity index is 0.00000417. The van der Waals surface area contributed by atoms with E-state index >= 15 is 0 Å². The number of nitrogens with two attached hydrogens (primary N) is 1. The van der Waals surface area contributed by atoms with Gasteiger partial charge in [-0.3, -0.25) is 24.8 Å². The minimum atomic E-state index is -1.83. The van der Waals surface area contributed by atoms with Crippen molar-refractivity contribution in [3.63, 3.8) is 0 Å². The van der Waals surface area contributed by atoms with Gasteiger partial charge in [-0.05, 0) is 31.4 Å². The number of amides is 1. The largest absolute Gasteiger partial charge is 1.00 e. The summed E-state index contributed by atoms with van der Waals surface area (Å²) in [6.07, 6.45) is 3.35. The Labute approximate surface area is 290 Å². The number of fused-ring (bicyclic) bond motifs is 2. The number of carboxylic acids is 1. The first-order valence-electron chi connectivity index (χ1n) is 13.4. The van der Waals surface area contributed by atoms with Gasteiger partial charge in [0.1, 0.15) is 5.69 Å². The van der Waals surface area contributed by atoms with E-state index in [1.807, 2.05) is 4.57 Å². The number of carboxylic acid groups (broad SMARTS) is 1. The number of pyridine rings is 1. The summed E-state index contributed by atoms with van der Waals surface area (Å²) in [6.45, 7) is 2.78. The first-order valence-corrected chi connectivity index (χ1v) is 15.3. The molecular weight excluding hydrogens is 649 g/mol. The van der Waals surface area contributed by atoms with Gasteiger partial charge in [-0.25, -0.2) is 9.55 Å². The number of carbonyl (C=O) groups excluding carboxylic acids is 3. The van der Waals surface area contributed by atoms with Gasteiger partial charge in [-0.15, -0.1) is 23.1 Å². The zero-order chi connectivity index (χ0) is 32.0. The van der Waals surface area contributed by atoms with Crippen LogP contribution < -0.4 is 50.1 Å². The molecule has 5 heterocycles. The molecule has 2 aliphatic heterocycles. The third kappa shape index (κ3) is 6.30.